The summed E-state index contributed by atoms with van der Waals surface area (Å²) >= 11 is 1.03. The summed E-state index contributed by atoms with van der Waals surface area (Å²) in [4.78, 5) is 41.6. The summed E-state index contributed by atoms with van der Waals surface area (Å²) in [7, 11) is 0. The molecule has 1 saturated heterocycles. The van der Waals surface area contributed by atoms with E-state index < -0.39 is 0 Å². The van der Waals surface area contributed by atoms with E-state index in [0.29, 0.717) is 36.9 Å². The largest absolute Gasteiger partial charge is 0.439 e. The molecule has 3 aromatic rings. The quantitative estimate of drug-likeness (QED) is 0.583. The molecule has 1 N–H and O–H groups in total. The standard InChI is InChI=1S/C24H23N3O4S/c1-15-21(25-23(31-15)19-6-4-3-5-7-19)27(16(2)28)13-12-17-8-10-18(11-9-17)14-20-22(29)26-24(30)32-20/h3-11,20H,12-14H2,1-2H3,(H,26,29,30). The highest BCUT2D eigenvalue weighted by Gasteiger charge is 2.31. The molecule has 1 aliphatic rings. The van der Waals surface area contributed by atoms with Gasteiger partial charge in [-0.2, -0.15) is 4.98 Å². The number of aryl methyl sites for hydroxylation is 1. The number of oxazole rings is 1. The van der Waals surface area contributed by atoms with Crippen molar-refractivity contribution in [3.8, 4) is 11.5 Å². The summed E-state index contributed by atoms with van der Waals surface area (Å²) in [6.07, 6.45) is 1.15. The van der Waals surface area contributed by atoms with Crippen molar-refractivity contribution in [2.24, 2.45) is 0 Å². The number of carbonyl (C=O) groups excluding carboxylic acids is 3. The van der Waals surface area contributed by atoms with Crippen molar-refractivity contribution in [2.75, 3.05) is 11.4 Å². The first kappa shape index (κ1) is 21.8. The number of benzene rings is 2. The molecule has 1 atom stereocenters. The van der Waals surface area contributed by atoms with Crippen LogP contribution in [0.25, 0.3) is 11.5 Å². The molecule has 2 aromatic carbocycles. The normalized spacial score (nSPS) is 15.6. The molecule has 4 rings (SSSR count). The minimum atomic E-state index is -0.379. The van der Waals surface area contributed by atoms with Crippen LogP contribution in [-0.2, 0) is 22.4 Å². The van der Waals surface area contributed by atoms with Crippen LogP contribution in [0.2, 0.25) is 0 Å². The Hall–Kier alpha value is -3.39. The van der Waals surface area contributed by atoms with Gasteiger partial charge in [0, 0.05) is 19.0 Å². The molecule has 2 heterocycles. The molecule has 0 saturated carbocycles. The molecule has 1 aromatic heterocycles. The molecule has 0 radical (unpaired) electrons. The minimum absolute atomic E-state index is 0.105. The van der Waals surface area contributed by atoms with Gasteiger partial charge in [0.1, 0.15) is 5.76 Å². The van der Waals surface area contributed by atoms with Gasteiger partial charge >= 0.3 is 0 Å². The maximum absolute atomic E-state index is 12.3. The molecule has 8 heteroatoms. The average Bonchev–Trinajstić information content (AvgIpc) is 3.31. The van der Waals surface area contributed by atoms with Gasteiger partial charge in [0.15, 0.2) is 5.82 Å². The number of carbonyl (C=O) groups is 3. The Labute approximate surface area is 190 Å². The number of hydrogen-bond donors (Lipinski definition) is 1. The molecular formula is C24H23N3O4S. The summed E-state index contributed by atoms with van der Waals surface area (Å²) in [5, 5.41) is 1.64. The number of imide groups is 1. The van der Waals surface area contributed by atoms with Gasteiger partial charge in [-0.1, -0.05) is 54.2 Å². The van der Waals surface area contributed by atoms with E-state index in [2.05, 4.69) is 10.3 Å². The Morgan fingerprint density at radius 3 is 2.41 bits per heavy atom. The van der Waals surface area contributed by atoms with Crippen molar-refractivity contribution in [1.82, 2.24) is 10.3 Å². The van der Waals surface area contributed by atoms with Crippen molar-refractivity contribution in [1.29, 1.82) is 0 Å². The Kier molecular flexibility index (Phi) is 6.41. The maximum Gasteiger partial charge on any atom is 0.286 e. The summed E-state index contributed by atoms with van der Waals surface area (Å²) < 4.78 is 5.82. The molecule has 32 heavy (non-hydrogen) atoms. The summed E-state index contributed by atoms with van der Waals surface area (Å²) in [6.45, 7) is 3.79. The fraction of sp³-hybridized carbons (Fsp3) is 0.250. The monoisotopic (exact) mass is 449 g/mol. The molecule has 164 valence electrons. The second-order valence-electron chi connectivity index (χ2n) is 7.59. The maximum atomic E-state index is 12.3. The first-order chi connectivity index (χ1) is 15.4. The number of aromatic nitrogens is 1. The predicted octanol–water partition coefficient (Wildman–Crippen LogP) is 4.14. The molecule has 3 amide bonds. The van der Waals surface area contributed by atoms with Crippen LogP contribution in [0.15, 0.2) is 59.0 Å². The van der Waals surface area contributed by atoms with E-state index in [1.54, 1.807) is 11.8 Å². The summed E-state index contributed by atoms with van der Waals surface area (Å²) in [6, 6.07) is 17.5. The van der Waals surface area contributed by atoms with Crippen molar-refractivity contribution in [3.05, 3.63) is 71.5 Å². The second kappa shape index (κ2) is 9.40. The SMILES string of the molecule is CC(=O)N(CCc1ccc(CC2SC(=O)NC2=O)cc1)c1nc(-c2ccccc2)oc1C. The van der Waals surface area contributed by atoms with Gasteiger partial charge in [-0.05, 0) is 43.0 Å². The molecule has 0 bridgehead atoms. The summed E-state index contributed by atoms with van der Waals surface area (Å²) in [5.74, 6) is 1.27. The Morgan fingerprint density at radius 1 is 1.09 bits per heavy atom. The number of nitrogens with zero attached hydrogens (tertiary/aromatic N) is 2. The number of thioether (sulfide) groups is 1. The van der Waals surface area contributed by atoms with Crippen molar-refractivity contribution in [3.63, 3.8) is 0 Å². The molecule has 7 nitrogen and oxygen atoms in total. The second-order valence-corrected chi connectivity index (χ2v) is 8.76. The Balaban J connectivity index is 1.42. The lowest BCUT2D eigenvalue weighted by Crippen LogP contribution is -2.31. The lowest BCUT2D eigenvalue weighted by Gasteiger charge is -2.19. The van der Waals surface area contributed by atoms with Crippen LogP contribution in [0, 0.1) is 6.92 Å². The van der Waals surface area contributed by atoms with E-state index in [9.17, 15) is 14.4 Å². The van der Waals surface area contributed by atoms with Crippen molar-refractivity contribution >= 4 is 34.6 Å². The molecular weight excluding hydrogens is 426 g/mol. The molecule has 1 aliphatic heterocycles. The van der Waals surface area contributed by atoms with Crippen LogP contribution in [-0.4, -0.2) is 33.8 Å². The zero-order valence-electron chi connectivity index (χ0n) is 17.8. The number of nitrogens with one attached hydrogen (secondary N) is 1. The van der Waals surface area contributed by atoms with Gasteiger partial charge in [0.05, 0.1) is 5.25 Å². The van der Waals surface area contributed by atoms with Crippen LogP contribution in [0.1, 0.15) is 23.8 Å². The number of rotatable bonds is 7. The van der Waals surface area contributed by atoms with Crippen molar-refractivity contribution in [2.45, 2.75) is 31.9 Å². The predicted molar refractivity (Wildman–Crippen MR) is 123 cm³/mol. The van der Waals surface area contributed by atoms with E-state index in [4.69, 9.17) is 4.42 Å². The van der Waals surface area contributed by atoms with E-state index in [1.807, 2.05) is 54.6 Å². The molecule has 1 fully saturated rings. The van der Waals surface area contributed by atoms with Crippen LogP contribution in [0.5, 0.6) is 0 Å². The van der Waals surface area contributed by atoms with Crippen molar-refractivity contribution < 1.29 is 18.8 Å². The zero-order chi connectivity index (χ0) is 22.7. The Bertz CT molecular complexity index is 1140. The highest BCUT2D eigenvalue weighted by molar-refractivity contribution is 8.15. The topological polar surface area (TPSA) is 92.5 Å². The van der Waals surface area contributed by atoms with E-state index in [0.717, 1.165) is 28.5 Å². The average molecular weight is 450 g/mol. The van der Waals surface area contributed by atoms with E-state index in [1.165, 1.54) is 6.92 Å². The van der Waals surface area contributed by atoms with Gasteiger partial charge in [-0.15, -0.1) is 0 Å². The van der Waals surface area contributed by atoms with Gasteiger partial charge in [0.25, 0.3) is 5.24 Å². The number of hydrogen-bond acceptors (Lipinski definition) is 6. The van der Waals surface area contributed by atoms with Gasteiger partial charge < -0.3 is 4.42 Å². The zero-order valence-corrected chi connectivity index (χ0v) is 18.6. The molecule has 0 spiro atoms. The lowest BCUT2D eigenvalue weighted by molar-refractivity contribution is -0.119. The highest BCUT2D eigenvalue weighted by Crippen LogP contribution is 2.27. The summed E-state index contributed by atoms with van der Waals surface area (Å²) in [5.41, 5.74) is 2.90. The van der Waals surface area contributed by atoms with Gasteiger partial charge in [-0.3, -0.25) is 24.6 Å². The third kappa shape index (κ3) is 4.91. The molecule has 0 aliphatic carbocycles. The highest BCUT2D eigenvalue weighted by atomic mass is 32.2. The molecule has 1 unspecified atom stereocenters. The number of anilines is 1. The smallest absolute Gasteiger partial charge is 0.286 e. The Morgan fingerprint density at radius 2 is 1.78 bits per heavy atom. The minimum Gasteiger partial charge on any atom is -0.439 e. The van der Waals surface area contributed by atoms with Crippen LogP contribution in [0.3, 0.4) is 0 Å². The van der Waals surface area contributed by atoms with Crippen LogP contribution < -0.4 is 10.2 Å². The first-order valence-corrected chi connectivity index (χ1v) is 11.2. The van der Waals surface area contributed by atoms with Gasteiger partial charge in [-0.25, -0.2) is 0 Å². The first-order valence-electron chi connectivity index (χ1n) is 10.3. The fourth-order valence-corrected chi connectivity index (χ4v) is 4.44. The van der Waals surface area contributed by atoms with E-state index in [-0.39, 0.29) is 22.3 Å². The van der Waals surface area contributed by atoms with Crippen LogP contribution >= 0.6 is 11.8 Å². The third-order valence-electron chi connectivity index (χ3n) is 5.26. The lowest BCUT2D eigenvalue weighted by atomic mass is 10.0. The third-order valence-corrected chi connectivity index (χ3v) is 6.25. The van der Waals surface area contributed by atoms with Crippen LogP contribution in [0.4, 0.5) is 10.6 Å². The van der Waals surface area contributed by atoms with E-state index >= 15 is 0 Å². The fourth-order valence-electron chi connectivity index (χ4n) is 3.58. The number of amides is 3. The van der Waals surface area contributed by atoms with Gasteiger partial charge in [0.2, 0.25) is 17.7 Å².